The van der Waals surface area contributed by atoms with Gasteiger partial charge in [0.05, 0.1) is 23.4 Å². The van der Waals surface area contributed by atoms with E-state index >= 15 is 0 Å². The lowest BCUT2D eigenvalue weighted by molar-refractivity contribution is 0.122. The number of halogens is 1. The van der Waals surface area contributed by atoms with Crippen LogP contribution in [0.5, 0.6) is 0 Å². The van der Waals surface area contributed by atoms with Crippen LogP contribution in [0, 0.1) is 0 Å². The van der Waals surface area contributed by atoms with Crippen molar-refractivity contribution in [2.45, 2.75) is 6.54 Å². The van der Waals surface area contributed by atoms with E-state index in [4.69, 9.17) is 16.3 Å². The Morgan fingerprint density at radius 3 is 2.67 bits per heavy atom. The quantitative estimate of drug-likeness (QED) is 0.727. The molecule has 0 radical (unpaired) electrons. The van der Waals surface area contributed by atoms with Gasteiger partial charge in [0.1, 0.15) is 0 Å². The minimum Gasteiger partial charge on any atom is -0.378 e. The highest BCUT2D eigenvalue weighted by molar-refractivity contribution is 7.19. The fourth-order valence-corrected chi connectivity index (χ4v) is 4.08. The largest absolute Gasteiger partial charge is 0.378 e. The number of morpholine rings is 1. The summed E-state index contributed by atoms with van der Waals surface area (Å²) in [6.45, 7) is 6.14. The van der Waals surface area contributed by atoms with E-state index < -0.39 is 0 Å². The van der Waals surface area contributed by atoms with Gasteiger partial charge >= 0.3 is 0 Å². The maximum absolute atomic E-state index is 6.15. The van der Waals surface area contributed by atoms with Crippen LogP contribution in [0.25, 0.3) is 10.2 Å². The molecule has 1 aliphatic heterocycles. The summed E-state index contributed by atoms with van der Waals surface area (Å²) in [5.41, 5.74) is 0.942. The second-order valence-electron chi connectivity index (χ2n) is 6.38. The summed E-state index contributed by atoms with van der Waals surface area (Å²) in [7, 11) is 6.34. The van der Waals surface area contributed by atoms with Gasteiger partial charge in [-0.05, 0) is 38.8 Å². The van der Waals surface area contributed by atoms with Gasteiger partial charge in [-0.15, -0.1) is 11.3 Å². The zero-order chi connectivity index (χ0) is 17.1. The van der Waals surface area contributed by atoms with Crippen molar-refractivity contribution in [3.63, 3.8) is 0 Å². The van der Waals surface area contributed by atoms with Gasteiger partial charge in [-0.3, -0.25) is 0 Å². The van der Waals surface area contributed by atoms with E-state index in [2.05, 4.69) is 51.9 Å². The monoisotopic (exact) mass is 369 g/mol. The zero-order valence-corrected chi connectivity index (χ0v) is 16.0. The molecule has 2 aromatic heterocycles. The van der Waals surface area contributed by atoms with E-state index in [1.807, 2.05) is 0 Å². The molecule has 6 nitrogen and oxygen atoms in total. The summed E-state index contributed by atoms with van der Waals surface area (Å²) in [5.74, 6) is 0.945. The molecule has 0 aromatic carbocycles. The van der Waals surface area contributed by atoms with Crippen LogP contribution in [0.1, 0.15) is 4.88 Å². The average molecular weight is 370 g/mol. The van der Waals surface area contributed by atoms with Crippen LogP contribution in [0.3, 0.4) is 0 Å². The van der Waals surface area contributed by atoms with Gasteiger partial charge < -0.3 is 19.4 Å². The lowest BCUT2D eigenvalue weighted by Gasteiger charge is -2.28. The number of hydrogen-bond donors (Lipinski definition) is 0. The third kappa shape index (κ3) is 4.34. The molecule has 8 heteroatoms. The molecule has 132 valence electrons. The Morgan fingerprint density at radius 2 is 1.96 bits per heavy atom. The molecule has 1 aliphatic rings. The van der Waals surface area contributed by atoms with E-state index in [1.54, 1.807) is 11.3 Å². The Bertz CT molecular complexity index is 686. The molecule has 0 amide bonds. The van der Waals surface area contributed by atoms with Crippen LogP contribution in [-0.2, 0) is 11.3 Å². The third-order valence-electron chi connectivity index (χ3n) is 4.04. The predicted molar refractivity (Wildman–Crippen MR) is 100 cm³/mol. The van der Waals surface area contributed by atoms with E-state index in [9.17, 15) is 0 Å². The number of aromatic nitrogens is 2. The number of nitrogens with zero attached hydrogens (tertiary/aromatic N) is 5. The third-order valence-corrected chi connectivity index (χ3v) is 5.32. The fraction of sp³-hybridized carbons (Fsp3) is 0.625. The van der Waals surface area contributed by atoms with E-state index in [0.717, 1.165) is 62.0 Å². The summed E-state index contributed by atoms with van der Waals surface area (Å²) >= 11 is 7.92. The molecular formula is C16H24ClN5OS. The minimum absolute atomic E-state index is 0.314. The summed E-state index contributed by atoms with van der Waals surface area (Å²) in [6.07, 6.45) is 0. The van der Waals surface area contributed by atoms with Crippen LogP contribution in [-0.4, -0.2) is 80.3 Å². The Hall–Kier alpha value is -0.990. The van der Waals surface area contributed by atoms with Gasteiger partial charge in [0.2, 0.25) is 5.28 Å². The lowest BCUT2D eigenvalue weighted by Crippen LogP contribution is -2.36. The standard InChI is InChI=1S/C16H24ClN5OS/c1-20(2)4-5-21(3)11-12-10-13-14(24-12)15(19-16(17)18-13)22-6-8-23-9-7-22/h10H,4-9,11H2,1-3H3. The van der Waals surface area contributed by atoms with E-state index in [1.165, 1.54) is 4.88 Å². The van der Waals surface area contributed by atoms with Crippen LogP contribution < -0.4 is 4.90 Å². The molecule has 0 aliphatic carbocycles. The molecule has 24 heavy (non-hydrogen) atoms. The lowest BCUT2D eigenvalue weighted by atomic mass is 10.3. The van der Waals surface area contributed by atoms with Gasteiger partial charge in [-0.1, -0.05) is 0 Å². The SMILES string of the molecule is CN(C)CCN(C)Cc1cc2nc(Cl)nc(N3CCOCC3)c2s1. The molecular weight excluding hydrogens is 346 g/mol. The van der Waals surface area contributed by atoms with Crippen LogP contribution in [0.2, 0.25) is 5.28 Å². The van der Waals surface area contributed by atoms with Gasteiger partial charge in [-0.25, -0.2) is 4.98 Å². The molecule has 1 saturated heterocycles. The van der Waals surface area contributed by atoms with Crippen molar-refractivity contribution in [1.82, 2.24) is 19.8 Å². The van der Waals surface area contributed by atoms with Gasteiger partial charge in [-0.2, -0.15) is 4.98 Å². The van der Waals surface area contributed by atoms with E-state index in [-0.39, 0.29) is 0 Å². The Balaban J connectivity index is 1.81. The Labute approximate surface area is 152 Å². The molecule has 0 spiro atoms. The number of rotatable bonds is 6. The highest BCUT2D eigenvalue weighted by atomic mass is 35.5. The maximum Gasteiger partial charge on any atom is 0.224 e. The van der Waals surface area contributed by atoms with Crippen molar-refractivity contribution >= 4 is 39.0 Å². The van der Waals surface area contributed by atoms with Crippen molar-refractivity contribution in [2.75, 3.05) is 65.4 Å². The molecule has 0 saturated carbocycles. The topological polar surface area (TPSA) is 44.7 Å². The Kier molecular flexibility index (Phi) is 5.89. The summed E-state index contributed by atoms with van der Waals surface area (Å²) in [4.78, 5) is 17.0. The first-order valence-electron chi connectivity index (χ1n) is 8.15. The van der Waals surface area contributed by atoms with Crippen molar-refractivity contribution in [1.29, 1.82) is 0 Å². The van der Waals surface area contributed by atoms with Crippen LogP contribution >= 0.6 is 22.9 Å². The number of anilines is 1. The summed E-state index contributed by atoms with van der Waals surface area (Å²) in [5, 5.41) is 0.314. The van der Waals surface area contributed by atoms with Crippen LogP contribution in [0.15, 0.2) is 6.07 Å². The summed E-state index contributed by atoms with van der Waals surface area (Å²) < 4.78 is 6.56. The number of likely N-dealkylation sites (N-methyl/N-ethyl adjacent to an activating group) is 2. The van der Waals surface area contributed by atoms with Gasteiger partial charge in [0, 0.05) is 37.6 Å². The molecule has 0 unspecified atom stereocenters. The first-order valence-corrected chi connectivity index (χ1v) is 9.34. The van der Waals surface area contributed by atoms with Gasteiger partial charge in [0.25, 0.3) is 0 Å². The number of thiophene rings is 1. The molecule has 3 rings (SSSR count). The summed E-state index contributed by atoms with van der Waals surface area (Å²) in [6, 6.07) is 2.14. The first-order chi connectivity index (χ1) is 11.5. The molecule has 0 bridgehead atoms. The van der Waals surface area contributed by atoms with Crippen molar-refractivity contribution in [3.8, 4) is 0 Å². The smallest absolute Gasteiger partial charge is 0.224 e. The predicted octanol–water partition coefficient (Wildman–Crippen LogP) is 2.17. The van der Waals surface area contributed by atoms with Crippen molar-refractivity contribution in [3.05, 3.63) is 16.2 Å². The highest BCUT2D eigenvalue weighted by Gasteiger charge is 2.19. The zero-order valence-electron chi connectivity index (χ0n) is 14.5. The van der Waals surface area contributed by atoms with E-state index in [0.29, 0.717) is 5.28 Å². The number of fused-ring (bicyclic) bond motifs is 1. The fourth-order valence-electron chi connectivity index (χ4n) is 2.72. The second-order valence-corrected chi connectivity index (χ2v) is 7.86. The molecule has 0 N–H and O–H groups in total. The van der Waals surface area contributed by atoms with Crippen molar-refractivity contribution in [2.24, 2.45) is 0 Å². The normalized spacial score (nSPS) is 15.8. The number of ether oxygens (including phenoxy) is 1. The van der Waals surface area contributed by atoms with Gasteiger partial charge in [0.15, 0.2) is 5.82 Å². The maximum atomic E-state index is 6.15. The molecule has 3 heterocycles. The molecule has 1 fully saturated rings. The first kappa shape index (κ1) is 17.8. The minimum atomic E-state index is 0.314. The highest BCUT2D eigenvalue weighted by Crippen LogP contribution is 2.33. The second kappa shape index (κ2) is 7.93. The average Bonchev–Trinajstić information content (AvgIpc) is 2.95. The molecule has 2 aromatic rings. The number of hydrogen-bond acceptors (Lipinski definition) is 7. The molecule has 0 atom stereocenters. The Morgan fingerprint density at radius 1 is 1.21 bits per heavy atom. The van der Waals surface area contributed by atoms with Crippen molar-refractivity contribution < 1.29 is 4.74 Å². The van der Waals surface area contributed by atoms with Crippen LogP contribution in [0.4, 0.5) is 5.82 Å².